The minimum Gasteiger partial charge on any atom is -0.389 e. The van der Waals surface area contributed by atoms with Gasteiger partial charge in [-0.15, -0.1) is 10.2 Å². The Morgan fingerprint density at radius 3 is 2.90 bits per heavy atom. The Hall–Kier alpha value is -3.08. The lowest BCUT2D eigenvalue weighted by Crippen LogP contribution is -2.43. The highest BCUT2D eigenvalue weighted by atomic mass is 16.7. The van der Waals surface area contributed by atoms with Crippen LogP contribution in [0.3, 0.4) is 0 Å². The van der Waals surface area contributed by atoms with Crippen LogP contribution in [0.4, 0.5) is 5.69 Å². The Labute approximate surface area is 178 Å². The van der Waals surface area contributed by atoms with Crippen LogP contribution in [0.1, 0.15) is 56.3 Å². The molecule has 1 spiro atoms. The third-order valence-corrected chi connectivity index (χ3v) is 6.65. The maximum atomic E-state index is 5.96. The van der Waals surface area contributed by atoms with Crippen molar-refractivity contribution in [1.29, 1.82) is 0 Å². The van der Waals surface area contributed by atoms with E-state index in [0.717, 1.165) is 85.7 Å². The molecule has 2 aliphatic heterocycles. The Morgan fingerprint density at radius 1 is 1.26 bits per heavy atom. The van der Waals surface area contributed by atoms with Crippen LogP contribution in [0.2, 0.25) is 0 Å². The molecule has 3 aliphatic rings. The molecular weight excluding hydrogens is 398 g/mol. The molecule has 1 saturated heterocycles. The number of ether oxygens (including phenoxy) is 1. The van der Waals surface area contributed by atoms with E-state index in [0.29, 0.717) is 6.04 Å². The molecule has 0 bridgehead atoms. The van der Waals surface area contributed by atoms with E-state index in [-0.39, 0.29) is 11.5 Å². The summed E-state index contributed by atoms with van der Waals surface area (Å²) in [6.45, 7) is 4.40. The molecule has 1 aliphatic carbocycles. The fourth-order valence-electron chi connectivity index (χ4n) is 4.93. The maximum absolute atomic E-state index is 5.96. The summed E-state index contributed by atoms with van der Waals surface area (Å²) in [6.07, 6.45) is 8.19. The molecule has 0 aromatic carbocycles. The number of pyridine rings is 1. The molecular formula is C20H25N9O2. The maximum Gasteiger partial charge on any atom is 0.177 e. The number of anilines is 1. The molecule has 6 rings (SSSR count). The van der Waals surface area contributed by atoms with Crippen molar-refractivity contribution >= 4 is 22.4 Å². The first-order valence-corrected chi connectivity index (χ1v) is 10.9. The summed E-state index contributed by atoms with van der Waals surface area (Å²) in [5.74, 6) is 1.01. The van der Waals surface area contributed by atoms with E-state index in [1.807, 2.05) is 17.1 Å². The summed E-state index contributed by atoms with van der Waals surface area (Å²) >= 11 is 0. The van der Waals surface area contributed by atoms with Gasteiger partial charge in [-0.1, -0.05) is 10.4 Å². The van der Waals surface area contributed by atoms with Gasteiger partial charge in [-0.05, 0) is 19.8 Å². The predicted molar refractivity (Wildman–Crippen MR) is 112 cm³/mol. The van der Waals surface area contributed by atoms with E-state index in [9.17, 15) is 0 Å². The lowest BCUT2D eigenvalue weighted by Gasteiger charge is -2.40. The Bertz CT molecular complexity index is 1110. The topological polar surface area (TPSA) is 128 Å². The van der Waals surface area contributed by atoms with Crippen molar-refractivity contribution in [3.05, 3.63) is 23.8 Å². The summed E-state index contributed by atoms with van der Waals surface area (Å²) in [5, 5.41) is 28.2. The molecule has 31 heavy (non-hydrogen) atoms. The van der Waals surface area contributed by atoms with E-state index in [1.54, 1.807) is 0 Å². The molecule has 3 aromatic heterocycles. The summed E-state index contributed by atoms with van der Waals surface area (Å²) in [4.78, 5) is 10.7. The van der Waals surface area contributed by atoms with E-state index in [2.05, 4.69) is 43.1 Å². The van der Waals surface area contributed by atoms with Crippen LogP contribution in [0.25, 0.3) is 11.0 Å². The highest BCUT2D eigenvalue weighted by molar-refractivity contribution is 6.10. The molecule has 0 amide bonds. The zero-order valence-electron chi connectivity index (χ0n) is 17.4. The third-order valence-electron chi connectivity index (χ3n) is 6.65. The second-order valence-electron chi connectivity index (χ2n) is 8.64. The minimum absolute atomic E-state index is 0.261. The number of H-pyrrole nitrogens is 1. The average Bonchev–Trinajstić information content (AvgIpc) is 3.52. The fraction of sp³-hybridized carbons (Fsp3) is 0.600. The number of fused-ring (bicyclic) bond motifs is 1. The number of aryl methyl sites for hydroxylation is 1. The smallest absolute Gasteiger partial charge is 0.177 e. The van der Waals surface area contributed by atoms with Gasteiger partial charge in [0, 0.05) is 62.7 Å². The molecule has 0 atom stereocenters. The Balaban J connectivity index is 1.29. The van der Waals surface area contributed by atoms with Crippen LogP contribution < -0.4 is 5.32 Å². The number of hydrogen-bond donors (Lipinski definition) is 2. The van der Waals surface area contributed by atoms with Crippen molar-refractivity contribution in [2.75, 3.05) is 18.5 Å². The van der Waals surface area contributed by atoms with Crippen LogP contribution in [0.15, 0.2) is 17.5 Å². The molecule has 162 valence electrons. The van der Waals surface area contributed by atoms with Crippen molar-refractivity contribution in [2.45, 2.75) is 63.1 Å². The van der Waals surface area contributed by atoms with Gasteiger partial charge < -0.3 is 14.9 Å². The normalized spacial score (nSPS) is 26.1. The molecule has 3 aromatic rings. The predicted octanol–water partition coefficient (Wildman–Crippen LogP) is 2.00. The van der Waals surface area contributed by atoms with Crippen LogP contribution in [-0.4, -0.2) is 66.0 Å². The summed E-state index contributed by atoms with van der Waals surface area (Å²) < 4.78 is 7.46. The van der Waals surface area contributed by atoms with Crippen molar-refractivity contribution < 1.29 is 9.57 Å². The molecule has 0 radical (unpaired) electrons. The molecule has 2 N–H and O–H groups in total. The minimum atomic E-state index is -0.279. The van der Waals surface area contributed by atoms with Gasteiger partial charge in [0.2, 0.25) is 0 Å². The lowest BCUT2D eigenvalue weighted by atomic mass is 9.68. The van der Waals surface area contributed by atoms with Gasteiger partial charge in [0.05, 0.1) is 23.0 Å². The average molecular weight is 423 g/mol. The van der Waals surface area contributed by atoms with Gasteiger partial charge in [-0.2, -0.15) is 10.3 Å². The van der Waals surface area contributed by atoms with Crippen LogP contribution in [0.5, 0.6) is 0 Å². The highest BCUT2D eigenvalue weighted by Crippen LogP contribution is 2.51. The number of hydrogen-bond acceptors (Lipinski definition) is 9. The molecule has 1 saturated carbocycles. The summed E-state index contributed by atoms with van der Waals surface area (Å²) in [7, 11) is 0. The van der Waals surface area contributed by atoms with Crippen molar-refractivity contribution in [3.8, 4) is 0 Å². The number of aromatic nitrogens is 7. The third kappa shape index (κ3) is 3.14. The number of nitrogens with zero attached hydrogens (tertiary/aromatic N) is 7. The van der Waals surface area contributed by atoms with Gasteiger partial charge in [0.1, 0.15) is 5.60 Å². The lowest BCUT2D eigenvalue weighted by molar-refractivity contribution is -0.0893. The first kappa shape index (κ1) is 18.7. The van der Waals surface area contributed by atoms with Gasteiger partial charge in [-0.25, -0.2) is 9.67 Å². The molecule has 11 heteroatoms. The Morgan fingerprint density at radius 2 is 2.13 bits per heavy atom. The van der Waals surface area contributed by atoms with E-state index < -0.39 is 0 Å². The number of nitrogens with one attached hydrogen (secondary N) is 2. The SMILES string of the molecule is CCn1ncc2c(NC3CCOCC3)c(C3=NOC4(C3)CC(c3nn[nH]n3)C4)cnc21. The zero-order chi connectivity index (χ0) is 20.8. The van der Waals surface area contributed by atoms with Crippen LogP contribution >= 0.6 is 0 Å². The van der Waals surface area contributed by atoms with E-state index in [1.165, 1.54) is 0 Å². The number of tetrazole rings is 1. The molecule has 11 nitrogen and oxygen atoms in total. The van der Waals surface area contributed by atoms with Crippen LogP contribution in [0, 0.1) is 0 Å². The number of oxime groups is 1. The first-order valence-electron chi connectivity index (χ1n) is 10.9. The molecule has 0 unspecified atom stereocenters. The zero-order valence-corrected chi connectivity index (χ0v) is 17.4. The largest absolute Gasteiger partial charge is 0.389 e. The highest BCUT2D eigenvalue weighted by Gasteiger charge is 2.53. The first-order chi connectivity index (χ1) is 15.2. The van der Waals surface area contributed by atoms with Gasteiger partial charge in [0.25, 0.3) is 0 Å². The monoisotopic (exact) mass is 423 g/mol. The second-order valence-corrected chi connectivity index (χ2v) is 8.64. The number of rotatable bonds is 5. The standard InChI is InChI=1S/C20H25N9O2/c1-2-29-19-15(11-22-29)17(23-13-3-5-30-6-4-13)14(10-21-19)16-9-20(31-26-16)7-12(8-20)18-24-27-28-25-18/h10-13H,2-9H2,1H3,(H,21,23)(H,24,25,27,28). The Kier molecular flexibility index (Phi) is 4.37. The molecule has 5 heterocycles. The van der Waals surface area contributed by atoms with Gasteiger partial charge >= 0.3 is 0 Å². The van der Waals surface area contributed by atoms with Crippen LogP contribution in [-0.2, 0) is 16.1 Å². The number of aromatic amines is 1. The fourth-order valence-corrected chi connectivity index (χ4v) is 4.93. The van der Waals surface area contributed by atoms with Crippen molar-refractivity contribution in [2.24, 2.45) is 5.16 Å². The summed E-state index contributed by atoms with van der Waals surface area (Å²) in [5.41, 5.74) is 3.58. The molecule has 2 fully saturated rings. The van der Waals surface area contributed by atoms with Crippen molar-refractivity contribution in [1.82, 2.24) is 35.4 Å². The van der Waals surface area contributed by atoms with E-state index in [4.69, 9.17) is 14.6 Å². The summed E-state index contributed by atoms with van der Waals surface area (Å²) in [6, 6.07) is 0.353. The quantitative estimate of drug-likeness (QED) is 0.638. The van der Waals surface area contributed by atoms with E-state index >= 15 is 0 Å². The van der Waals surface area contributed by atoms with Gasteiger partial charge in [0.15, 0.2) is 11.5 Å². The van der Waals surface area contributed by atoms with Gasteiger partial charge in [-0.3, -0.25) is 0 Å². The second kappa shape index (κ2) is 7.26. The van der Waals surface area contributed by atoms with Crippen molar-refractivity contribution in [3.63, 3.8) is 0 Å².